The van der Waals surface area contributed by atoms with Crippen molar-refractivity contribution in [2.45, 2.75) is 63.7 Å². The highest BCUT2D eigenvalue weighted by molar-refractivity contribution is 7.99. The molecule has 0 heterocycles. The molecule has 1 rings (SSSR count). The van der Waals surface area contributed by atoms with Gasteiger partial charge in [0.05, 0.1) is 6.61 Å². The maximum absolute atomic E-state index is 11.7. The Morgan fingerprint density at radius 1 is 1.50 bits per heavy atom. The highest BCUT2D eigenvalue weighted by atomic mass is 32.2. The van der Waals surface area contributed by atoms with E-state index in [1.54, 1.807) is 6.92 Å². The first-order valence-corrected chi connectivity index (χ1v) is 8.08. The molecule has 3 nitrogen and oxygen atoms in total. The van der Waals surface area contributed by atoms with Gasteiger partial charge in [0.2, 0.25) is 0 Å². The molecule has 4 heteroatoms. The van der Waals surface area contributed by atoms with E-state index in [4.69, 9.17) is 10.5 Å². The average Bonchev–Trinajstić information content (AvgIpc) is 2.79. The lowest BCUT2D eigenvalue weighted by Gasteiger charge is -2.26. The van der Waals surface area contributed by atoms with Gasteiger partial charge in [-0.3, -0.25) is 4.79 Å². The molecule has 2 unspecified atom stereocenters. The third-order valence-electron chi connectivity index (χ3n) is 3.54. The molecule has 0 aromatic rings. The first-order chi connectivity index (χ1) is 8.45. The summed E-state index contributed by atoms with van der Waals surface area (Å²) in [5.41, 5.74) is 5.19. The van der Waals surface area contributed by atoms with Crippen LogP contribution in [-0.2, 0) is 9.53 Å². The zero-order chi connectivity index (χ0) is 13.6. The van der Waals surface area contributed by atoms with Crippen LogP contribution in [0.5, 0.6) is 0 Å². The Kier molecular flexibility index (Phi) is 6.50. The molecule has 2 N–H and O–H groups in total. The predicted molar refractivity (Wildman–Crippen MR) is 77.7 cm³/mol. The zero-order valence-electron chi connectivity index (χ0n) is 11.9. The minimum atomic E-state index is -0.849. The Hall–Kier alpha value is -0.220. The molecule has 0 bridgehead atoms. The van der Waals surface area contributed by atoms with Gasteiger partial charge in [-0.25, -0.2) is 0 Å². The second-order valence-corrected chi connectivity index (χ2v) is 7.11. The summed E-state index contributed by atoms with van der Waals surface area (Å²) in [6, 6.07) is 0. The van der Waals surface area contributed by atoms with Gasteiger partial charge in [-0.15, -0.1) is 0 Å². The van der Waals surface area contributed by atoms with Crippen LogP contribution in [0, 0.1) is 5.92 Å². The number of nitrogens with two attached hydrogens (primary N) is 1. The van der Waals surface area contributed by atoms with Crippen LogP contribution in [0.2, 0.25) is 0 Å². The third kappa shape index (κ3) is 5.19. The van der Waals surface area contributed by atoms with Crippen molar-refractivity contribution in [1.82, 2.24) is 0 Å². The predicted octanol–water partition coefficient (Wildman–Crippen LogP) is 2.97. The van der Waals surface area contributed by atoms with Crippen molar-refractivity contribution >= 4 is 17.7 Å². The Morgan fingerprint density at radius 3 is 2.67 bits per heavy atom. The van der Waals surface area contributed by atoms with E-state index in [9.17, 15) is 4.79 Å². The summed E-state index contributed by atoms with van der Waals surface area (Å²) < 4.78 is 5.01. The lowest BCUT2D eigenvalue weighted by Crippen LogP contribution is -2.47. The van der Waals surface area contributed by atoms with Gasteiger partial charge in [0, 0.05) is 5.25 Å². The van der Waals surface area contributed by atoms with E-state index in [2.05, 4.69) is 6.92 Å². The molecule has 1 fully saturated rings. The quantitative estimate of drug-likeness (QED) is 0.725. The van der Waals surface area contributed by atoms with Crippen molar-refractivity contribution in [2.24, 2.45) is 11.7 Å². The third-order valence-corrected chi connectivity index (χ3v) is 4.94. The number of thioether (sulfide) groups is 1. The maximum atomic E-state index is 11.7. The van der Waals surface area contributed by atoms with Gasteiger partial charge in [-0.2, -0.15) is 11.8 Å². The molecule has 18 heavy (non-hydrogen) atoms. The van der Waals surface area contributed by atoms with Crippen LogP contribution in [0.1, 0.15) is 52.9 Å². The number of carbonyl (C=O) groups excluding carboxylic acids is 1. The maximum Gasteiger partial charge on any atom is 0.325 e. The Balaban J connectivity index is 2.28. The molecular weight excluding hydrogens is 246 g/mol. The summed E-state index contributed by atoms with van der Waals surface area (Å²) in [5, 5.41) is 0.407. The van der Waals surface area contributed by atoms with Gasteiger partial charge in [-0.05, 0) is 44.8 Å². The van der Waals surface area contributed by atoms with Crippen LogP contribution in [0.3, 0.4) is 0 Å². The summed E-state index contributed by atoms with van der Waals surface area (Å²) in [5.74, 6) is 1.81. The van der Waals surface area contributed by atoms with Crippen molar-refractivity contribution in [2.75, 3.05) is 12.4 Å². The van der Waals surface area contributed by atoms with Gasteiger partial charge < -0.3 is 10.5 Å². The van der Waals surface area contributed by atoms with Crippen molar-refractivity contribution in [3.05, 3.63) is 0 Å². The summed E-state index contributed by atoms with van der Waals surface area (Å²) in [6.07, 6.45) is 6.20. The highest BCUT2D eigenvalue weighted by Crippen LogP contribution is 2.31. The van der Waals surface area contributed by atoms with Crippen molar-refractivity contribution in [1.29, 1.82) is 0 Å². The molecule has 0 radical (unpaired) electrons. The van der Waals surface area contributed by atoms with E-state index in [-0.39, 0.29) is 5.97 Å². The number of ether oxygens (including phenoxy) is 1. The fourth-order valence-corrected chi connectivity index (χ4v) is 3.91. The van der Waals surface area contributed by atoms with E-state index in [1.807, 2.05) is 18.7 Å². The topological polar surface area (TPSA) is 52.3 Å². The van der Waals surface area contributed by atoms with Crippen LogP contribution in [0.15, 0.2) is 0 Å². The smallest absolute Gasteiger partial charge is 0.325 e. The Labute approximate surface area is 115 Å². The summed E-state index contributed by atoms with van der Waals surface area (Å²) in [4.78, 5) is 11.7. The molecule has 0 aromatic heterocycles. The molecule has 106 valence electrons. The largest absolute Gasteiger partial charge is 0.465 e. The second-order valence-electron chi connectivity index (χ2n) is 5.64. The minimum absolute atomic E-state index is 0.279. The van der Waals surface area contributed by atoms with E-state index in [0.717, 1.165) is 5.92 Å². The second kappa shape index (κ2) is 7.39. The Bertz CT molecular complexity index is 263. The van der Waals surface area contributed by atoms with Crippen LogP contribution < -0.4 is 5.73 Å². The first-order valence-electron chi connectivity index (χ1n) is 7.03. The van der Waals surface area contributed by atoms with Gasteiger partial charge in [0.1, 0.15) is 5.54 Å². The van der Waals surface area contributed by atoms with Crippen LogP contribution in [0.25, 0.3) is 0 Å². The molecule has 1 saturated carbocycles. The lowest BCUT2D eigenvalue weighted by molar-refractivity contribution is -0.149. The van der Waals surface area contributed by atoms with Crippen LogP contribution >= 0.6 is 11.8 Å². The van der Waals surface area contributed by atoms with Crippen LogP contribution in [-0.4, -0.2) is 29.1 Å². The van der Waals surface area contributed by atoms with E-state index in [0.29, 0.717) is 18.3 Å². The minimum Gasteiger partial charge on any atom is -0.465 e. The lowest BCUT2D eigenvalue weighted by atomic mass is 9.98. The molecule has 0 saturated heterocycles. The molecule has 1 aliphatic rings. The SMILES string of the molecule is CCOC(=O)C(C)(N)CC(C)SCC1CCCC1. The van der Waals surface area contributed by atoms with E-state index in [1.165, 1.54) is 31.4 Å². The van der Waals surface area contributed by atoms with Crippen LogP contribution in [0.4, 0.5) is 0 Å². The Morgan fingerprint density at radius 2 is 2.11 bits per heavy atom. The van der Waals surface area contributed by atoms with E-state index < -0.39 is 5.54 Å². The zero-order valence-corrected chi connectivity index (χ0v) is 12.7. The number of esters is 1. The fraction of sp³-hybridized carbons (Fsp3) is 0.929. The van der Waals surface area contributed by atoms with Crippen molar-refractivity contribution in [3.8, 4) is 0 Å². The molecule has 0 aromatic carbocycles. The van der Waals surface area contributed by atoms with E-state index >= 15 is 0 Å². The monoisotopic (exact) mass is 273 g/mol. The molecule has 0 spiro atoms. The fourth-order valence-electron chi connectivity index (χ4n) is 2.51. The first kappa shape index (κ1) is 15.8. The molecule has 0 aliphatic heterocycles. The number of hydrogen-bond donors (Lipinski definition) is 1. The van der Waals surface area contributed by atoms with Gasteiger partial charge in [-0.1, -0.05) is 19.8 Å². The van der Waals surface area contributed by atoms with Gasteiger partial charge in [0.15, 0.2) is 0 Å². The standard InChI is InChI=1S/C14H27NO2S/c1-4-17-13(16)14(3,15)9-11(2)18-10-12-7-5-6-8-12/h11-12H,4-10,15H2,1-3H3. The number of hydrogen-bond acceptors (Lipinski definition) is 4. The van der Waals surface area contributed by atoms with Crippen molar-refractivity contribution < 1.29 is 9.53 Å². The summed E-state index contributed by atoms with van der Waals surface area (Å²) >= 11 is 1.95. The average molecular weight is 273 g/mol. The molecular formula is C14H27NO2S. The molecule has 2 atom stereocenters. The summed E-state index contributed by atoms with van der Waals surface area (Å²) in [6.45, 7) is 6.14. The normalized spacial score (nSPS) is 21.6. The summed E-state index contributed by atoms with van der Waals surface area (Å²) in [7, 11) is 0. The highest BCUT2D eigenvalue weighted by Gasteiger charge is 2.32. The number of rotatable bonds is 7. The molecule has 1 aliphatic carbocycles. The van der Waals surface area contributed by atoms with Gasteiger partial charge in [0.25, 0.3) is 0 Å². The van der Waals surface area contributed by atoms with Crippen molar-refractivity contribution in [3.63, 3.8) is 0 Å². The molecule has 0 amide bonds. The van der Waals surface area contributed by atoms with Gasteiger partial charge >= 0.3 is 5.97 Å². The number of carbonyl (C=O) groups is 1.